The van der Waals surface area contributed by atoms with Crippen LogP contribution in [0, 0.1) is 0 Å². The van der Waals surface area contributed by atoms with Crippen molar-refractivity contribution in [3.8, 4) is 5.75 Å². The van der Waals surface area contributed by atoms with Crippen molar-refractivity contribution < 1.29 is 14.3 Å². The maximum atomic E-state index is 12.4. The number of likely N-dealkylation sites (N-methyl/N-ethyl adjacent to an activating group) is 1. The van der Waals surface area contributed by atoms with Crippen molar-refractivity contribution in [2.24, 2.45) is 0 Å². The van der Waals surface area contributed by atoms with Crippen LogP contribution in [0.5, 0.6) is 5.75 Å². The van der Waals surface area contributed by atoms with Crippen LogP contribution in [0.4, 0.5) is 5.69 Å². The van der Waals surface area contributed by atoms with E-state index in [-0.39, 0.29) is 18.2 Å². The Balaban J connectivity index is 1.91. The largest absolute Gasteiger partial charge is 0.497 e. The first-order chi connectivity index (χ1) is 12.5. The smallest absolute Gasteiger partial charge is 0.224 e. The molecule has 0 spiro atoms. The molecule has 0 atom stereocenters. The molecule has 0 unspecified atom stereocenters. The van der Waals surface area contributed by atoms with E-state index in [0.29, 0.717) is 18.8 Å². The number of amides is 2. The molecule has 0 aliphatic heterocycles. The molecule has 1 aromatic heterocycles. The van der Waals surface area contributed by atoms with Crippen molar-refractivity contribution in [1.29, 1.82) is 0 Å². The van der Waals surface area contributed by atoms with Gasteiger partial charge in [-0.2, -0.15) is 0 Å². The Morgan fingerprint density at radius 2 is 1.85 bits per heavy atom. The van der Waals surface area contributed by atoms with E-state index in [4.69, 9.17) is 4.74 Å². The molecule has 6 heteroatoms. The van der Waals surface area contributed by atoms with E-state index in [9.17, 15) is 9.59 Å². The number of benzene rings is 1. The summed E-state index contributed by atoms with van der Waals surface area (Å²) in [6.07, 6.45) is 4.53. The number of hydrogen-bond donors (Lipinski definition) is 0. The van der Waals surface area contributed by atoms with E-state index in [0.717, 1.165) is 17.7 Å². The lowest BCUT2D eigenvalue weighted by Crippen LogP contribution is -2.35. The monoisotopic (exact) mass is 355 g/mol. The molecule has 0 saturated carbocycles. The molecule has 0 aliphatic carbocycles. The van der Waals surface area contributed by atoms with Gasteiger partial charge >= 0.3 is 0 Å². The number of rotatable bonds is 8. The fraction of sp³-hybridized carbons (Fsp3) is 0.350. The Labute approximate surface area is 154 Å². The fourth-order valence-corrected chi connectivity index (χ4v) is 2.62. The van der Waals surface area contributed by atoms with Crippen LogP contribution in [0.2, 0.25) is 0 Å². The molecule has 0 aliphatic rings. The van der Waals surface area contributed by atoms with Crippen LogP contribution >= 0.6 is 0 Å². The Morgan fingerprint density at radius 3 is 2.50 bits per heavy atom. The summed E-state index contributed by atoms with van der Waals surface area (Å²) in [5, 5.41) is 0. The normalized spacial score (nSPS) is 10.3. The van der Waals surface area contributed by atoms with Crippen LogP contribution in [-0.4, -0.2) is 48.9 Å². The minimum atomic E-state index is -0.106. The highest BCUT2D eigenvalue weighted by atomic mass is 16.5. The molecule has 0 bridgehead atoms. The second-order valence-corrected chi connectivity index (χ2v) is 6.04. The number of carbonyl (C=O) groups excluding carboxylic acids is 2. The summed E-state index contributed by atoms with van der Waals surface area (Å²) in [7, 11) is 3.37. The highest BCUT2D eigenvalue weighted by Gasteiger charge is 2.16. The lowest BCUT2D eigenvalue weighted by molar-refractivity contribution is -0.129. The molecule has 138 valence electrons. The first-order valence-electron chi connectivity index (χ1n) is 8.56. The molecule has 0 radical (unpaired) electrons. The van der Waals surface area contributed by atoms with Crippen LogP contribution in [0.3, 0.4) is 0 Å². The third kappa shape index (κ3) is 5.58. The molecule has 2 rings (SSSR count). The molecule has 0 saturated heterocycles. The second kappa shape index (κ2) is 9.56. The van der Waals surface area contributed by atoms with E-state index in [1.165, 1.54) is 6.92 Å². The number of methoxy groups -OCH3 is 1. The third-order valence-corrected chi connectivity index (χ3v) is 4.21. The average molecular weight is 355 g/mol. The van der Waals surface area contributed by atoms with Crippen molar-refractivity contribution in [3.63, 3.8) is 0 Å². The lowest BCUT2D eigenvalue weighted by atomic mass is 10.2. The highest BCUT2D eigenvalue weighted by Crippen LogP contribution is 2.21. The van der Waals surface area contributed by atoms with Crippen molar-refractivity contribution in [2.45, 2.75) is 19.8 Å². The maximum absolute atomic E-state index is 12.4. The second-order valence-electron chi connectivity index (χ2n) is 6.04. The van der Waals surface area contributed by atoms with Gasteiger partial charge in [0.25, 0.3) is 0 Å². The first kappa shape index (κ1) is 19.4. The molecular formula is C20H25N3O3. The number of aromatic nitrogens is 1. The van der Waals surface area contributed by atoms with Gasteiger partial charge in [0.15, 0.2) is 0 Å². The summed E-state index contributed by atoms with van der Waals surface area (Å²) < 4.78 is 5.20. The number of carbonyl (C=O) groups is 2. The van der Waals surface area contributed by atoms with E-state index < -0.39 is 0 Å². The number of pyridine rings is 1. The highest BCUT2D eigenvalue weighted by molar-refractivity contribution is 5.92. The quantitative estimate of drug-likeness (QED) is 0.730. The maximum Gasteiger partial charge on any atom is 0.224 e. The number of hydrogen-bond acceptors (Lipinski definition) is 4. The van der Waals surface area contributed by atoms with Crippen LogP contribution in [0.25, 0.3) is 0 Å². The summed E-state index contributed by atoms with van der Waals surface area (Å²) in [5.41, 5.74) is 1.87. The third-order valence-electron chi connectivity index (χ3n) is 4.21. The van der Waals surface area contributed by atoms with Gasteiger partial charge < -0.3 is 14.5 Å². The minimum Gasteiger partial charge on any atom is -0.497 e. The Bertz CT molecular complexity index is 734. The van der Waals surface area contributed by atoms with Crippen molar-refractivity contribution in [3.05, 3.63) is 54.4 Å². The van der Waals surface area contributed by atoms with Gasteiger partial charge in [-0.15, -0.1) is 0 Å². The van der Waals surface area contributed by atoms with E-state index in [2.05, 4.69) is 4.98 Å². The van der Waals surface area contributed by atoms with Crippen molar-refractivity contribution in [2.75, 3.05) is 32.1 Å². The molecule has 1 aromatic carbocycles. The van der Waals surface area contributed by atoms with Crippen LogP contribution in [0.15, 0.2) is 48.8 Å². The molecule has 6 nitrogen and oxygen atoms in total. The Morgan fingerprint density at radius 1 is 1.12 bits per heavy atom. The molecule has 2 aromatic rings. The molecule has 26 heavy (non-hydrogen) atoms. The SMILES string of the molecule is COc1cccc(N(CCC(=O)N(C)CCc2ccncc2)C(C)=O)c1. The zero-order chi connectivity index (χ0) is 18.9. The van der Waals surface area contributed by atoms with E-state index >= 15 is 0 Å². The van der Waals surface area contributed by atoms with Crippen molar-refractivity contribution >= 4 is 17.5 Å². The summed E-state index contributed by atoms with van der Waals surface area (Å²) in [4.78, 5) is 31.7. The summed E-state index contributed by atoms with van der Waals surface area (Å²) >= 11 is 0. The molecule has 0 fully saturated rings. The first-order valence-corrected chi connectivity index (χ1v) is 8.56. The van der Waals surface area contributed by atoms with Crippen LogP contribution in [-0.2, 0) is 16.0 Å². The van der Waals surface area contributed by atoms with Gasteiger partial charge in [-0.3, -0.25) is 14.6 Å². The van der Waals surface area contributed by atoms with E-state index in [1.54, 1.807) is 42.4 Å². The number of anilines is 1. The van der Waals surface area contributed by atoms with Gasteiger partial charge in [0.1, 0.15) is 5.75 Å². The molecular weight excluding hydrogens is 330 g/mol. The van der Waals surface area contributed by atoms with Gasteiger partial charge in [-0.25, -0.2) is 0 Å². The number of ether oxygens (including phenoxy) is 1. The van der Waals surface area contributed by atoms with Gasteiger partial charge in [0.05, 0.1) is 7.11 Å². The summed E-state index contributed by atoms with van der Waals surface area (Å²) in [5.74, 6) is 0.577. The summed E-state index contributed by atoms with van der Waals surface area (Å²) in [6.45, 7) is 2.46. The standard InChI is InChI=1S/C20H25N3O3/c1-16(24)23(18-5-4-6-19(15-18)26-3)14-10-20(25)22(2)13-9-17-7-11-21-12-8-17/h4-8,11-12,15H,9-10,13-14H2,1-3H3. The lowest BCUT2D eigenvalue weighted by Gasteiger charge is -2.23. The zero-order valence-electron chi connectivity index (χ0n) is 15.5. The molecule has 1 heterocycles. The van der Waals surface area contributed by atoms with E-state index in [1.807, 2.05) is 30.3 Å². The van der Waals surface area contributed by atoms with Gasteiger partial charge in [-0.05, 0) is 36.2 Å². The molecule has 2 amide bonds. The Hall–Kier alpha value is -2.89. The van der Waals surface area contributed by atoms with Gasteiger partial charge in [0, 0.05) is 57.6 Å². The number of nitrogens with zero attached hydrogens (tertiary/aromatic N) is 3. The molecule has 0 N–H and O–H groups in total. The Kier molecular flexibility index (Phi) is 7.14. The average Bonchev–Trinajstić information content (AvgIpc) is 2.66. The minimum absolute atomic E-state index is 0.00759. The van der Waals surface area contributed by atoms with Crippen LogP contribution in [0.1, 0.15) is 18.9 Å². The van der Waals surface area contributed by atoms with Crippen molar-refractivity contribution in [1.82, 2.24) is 9.88 Å². The topological polar surface area (TPSA) is 62.7 Å². The van der Waals surface area contributed by atoms with Gasteiger partial charge in [-0.1, -0.05) is 6.07 Å². The van der Waals surface area contributed by atoms with Gasteiger partial charge in [0.2, 0.25) is 11.8 Å². The predicted octanol–water partition coefficient (Wildman–Crippen LogP) is 2.53. The fourth-order valence-electron chi connectivity index (χ4n) is 2.62. The predicted molar refractivity (Wildman–Crippen MR) is 101 cm³/mol. The zero-order valence-corrected chi connectivity index (χ0v) is 15.5. The van der Waals surface area contributed by atoms with Crippen LogP contribution < -0.4 is 9.64 Å². The summed E-state index contributed by atoms with van der Waals surface area (Å²) in [6, 6.07) is 11.2.